The van der Waals surface area contributed by atoms with Crippen LogP contribution in [-0.4, -0.2) is 24.5 Å². The van der Waals surface area contributed by atoms with E-state index in [1.54, 1.807) is 25.1 Å². The van der Waals surface area contributed by atoms with Gasteiger partial charge in [0.1, 0.15) is 11.5 Å². The van der Waals surface area contributed by atoms with E-state index in [0.717, 1.165) is 23.1 Å². The van der Waals surface area contributed by atoms with Gasteiger partial charge < -0.3 is 14.2 Å². The SMILES string of the molecule is Cc1cc(OC(=O)C2CCCO2)cc2c1C(=O)/C(=C/c1ccc(-c3ccccc3)cc1)O2. The molecule has 5 heteroatoms. The van der Waals surface area contributed by atoms with Gasteiger partial charge in [-0.3, -0.25) is 4.79 Å². The van der Waals surface area contributed by atoms with Gasteiger partial charge in [-0.25, -0.2) is 4.79 Å². The Kier molecular flexibility index (Phi) is 5.33. The van der Waals surface area contributed by atoms with Crippen molar-refractivity contribution in [3.05, 3.63) is 89.2 Å². The van der Waals surface area contributed by atoms with Crippen LogP contribution in [0.3, 0.4) is 0 Å². The van der Waals surface area contributed by atoms with Gasteiger partial charge in [0.05, 0.1) is 5.56 Å². The van der Waals surface area contributed by atoms with Gasteiger partial charge in [-0.05, 0) is 54.2 Å². The normalized spacial score (nSPS) is 18.5. The Hall–Kier alpha value is -3.70. The number of ketones is 1. The molecule has 0 bridgehead atoms. The molecular weight excluding hydrogens is 404 g/mol. The van der Waals surface area contributed by atoms with Crippen LogP contribution in [0.1, 0.15) is 34.3 Å². The molecule has 5 rings (SSSR count). The van der Waals surface area contributed by atoms with E-state index in [0.29, 0.717) is 35.7 Å². The van der Waals surface area contributed by atoms with Crippen LogP contribution in [0.4, 0.5) is 0 Å². The quantitative estimate of drug-likeness (QED) is 0.319. The highest BCUT2D eigenvalue weighted by atomic mass is 16.6. The van der Waals surface area contributed by atoms with Crippen LogP contribution in [-0.2, 0) is 9.53 Å². The predicted octanol–water partition coefficient (Wildman–Crippen LogP) is 5.36. The molecule has 0 aromatic heterocycles. The molecule has 0 aliphatic carbocycles. The summed E-state index contributed by atoms with van der Waals surface area (Å²) in [6, 6.07) is 21.3. The number of allylic oxidation sites excluding steroid dienone is 1. The number of rotatable bonds is 4. The second-order valence-corrected chi connectivity index (χ2v) is 7.96. The van der Waals surface area contributed by atoms with Crippen LogP contribution < -0.4 is 9.47 Å². The minimum atomic E-state index is -0.527. The number of aryl methyl sites for hydroxylation is 1. The third kappa shape index (κ3) is 3.95. The van der Waals surface area contributed by atoms with Gasteiger partial charge in [-0.1, -0.05) is 54.6 Å². The lowest BCUT2D eigenvalue weighted by atomic mass is 10.0. The zero-order valence-electron chi connectivity index (χ0n) is 17.7. The summed E-state index contributed by atoms with van der Waals surface area (Å²) in [7, 11) is 0. The van der Waals surface area contributed by atoms with Crippen molar-refractivity contribution in [2.45, 2.75) is 25.9 Å². The van der Waals surface area contributed by atoms with Crippen molar-refractivity contribution in [3.63, 3.8) is 0 Å². The number of carbonyl (C=O) groups is 2. The molecule has 1 atom stereocenters. The van der Waals surface area contributed by atoms with E-state index in [4.69, 9.17) is 14.2 Å². The summed E-state index contributed by atoms with van der Waals surface area (Å²) in [6.07, 6.45) is 2.71. The molecule has 1 fully saturated rings. The van der Waals surface area contributed by atoms with E-state index >= 15 is 0 Å². The van der Waals surface area contributed by atoms with Crippen molar-refractivity contribution in [2.24, 2.45) is 0 Å². The summed E-state index contributed by atoms with van der Waals surface area (Å²) in [5.74, 6) is 0.403. The maximum Gasteiger partial charge on any atom is 0.340 e. The topological polar surface area (TPSA) is 61.8 Å². The minimum absolute atomic E-state index is 0.179. The fourth-order valence-corrected chi connectivity index (χ4v) is 4.04. The summed E-state index contributed by atoms with van der Waals surface area (Å²) in [5, 5.41) is 0. The Morgan fingerprint density at radius 2 is 1.78 bits per heavy atom. The third-order valence-corrected chi connectivity index (χ3v) is 5.67. The van der Waals surface area contributed by atoms with Crippen LogP contribution in [0.15, 0.2) is 72.5 Å². The second-order valence-electron chi connectivity index (χ2n) is 7.96. The molecule has 0 spiro atoms. The van der Waals surface area contributed by atoms with Crippen LogP contribution in [0.2, 0.25) is 0 Å². The lowest BCUT2D eigenvalue weighted by Gasteiger charge is -2.11. The average Bonchev–Trinajstić information content (AvgIpc) is 3.44. The van der Waals surface area contributed by atoms with Crippen molar-refractivity contribution in [2.75, 3.05) is 6.61 Å². The second kappa shape index (κ2) is 8.44. The van der Waals surface area contributed by atoms with E-state index in [2.05, 4.69) is 12.1 Å². The molecule has 2 heterocycles. The first-order chi connectivity index (χ1) is 15.6. The molecule has 1 saturated heterocycles. The van der Waals surface area contributed by atoms with Gasteiger partial charge in [0.2, 0.25) is 5.78 Å². The first-order valence-electron chi connectivity index (χ1n) is 10.7. The van der Waals surface area contributed by atoms with Crippen LogP contribution >= 0.6 is 0 Å². The van der Waals surface area contributed by atoms with Gasteiger partial charge in [0.25, 0.3) is 0 Å². The van der Waals surface area contributed by atoms with E-state index in [9.17, 15) is 9.59 Å². The van der Waals surface area contributed by atoms with E-state index in [1.165, 1.54) is 0 Å². The van der Waals surface area contributed by atoms with Crippen molar-refractivity contribution in [1.29, 1.82) is 0 Å². The van der Waals surface area contributed by atoms with Crippen molar-refractivity contribution < 1.29 is 23.8 Å². The van der Waals surface area contributed by atoms with Crippen molar-refractivity contribution in [3.8, 4) is 22.6 Å². The summed E-state index contributed by atoms with van der Waals surface area (Å²) >= 11 is 0. The molecule has 0 saturated carbocycles. The zero-order valence-corrected chi connectivity index (χ0v) is 17.7. The lowest BCUT2D eigenvalue weighted by molar-refractivity contribution is -0.144. The lowest BCUT2D eigenvalue weighted by Crippen LogP contribution is -2.24. The summed E-state index contributed by atoms with van der Waals surface area (Å²) in [4.78, 5) is 25.2. The summed E-state index contributed by atoms with van der Waals surface area (Å²) in [5.41, 5.74) is 4.29. The minimum Gasteiger partial charge on any atom is -0.452 e. The highest BCUT2D eigenvalue weighted by molar-refractivity contribution is 6.15. The average molecular weight is 426 g/mol. The summed E-state index contributed by atoms with van der Waals surface area (Å²) < 4.78 is 16.7. The van der Waals surface area contributed by atoms with Crippen LogP contribution in [0.5, 0.6) is 11.5 Å². The Bertz CT molecular complexity index is 1200. The van der Waals surface area contributed by atoms with Gasteiger partial charge in [-0.2, -0.15) is 0 Å². The third-order valence-electron chi connectivity index (χ3n) is 5.67. The number of hydrogen-bond acceptors (Lipinski definition) is 5. The van der Waals surface area contributed by atoms with Crippen molar-refractivity contribution in [1.82, 2.24) is 0 Å². The highest BCUT2D eigenvalue weighted by Gasteiger charge is 2.31. The zero-order chi connectivity index (χ0) is 22.1. The molecule has 2 aliphatic heterocycles. The molecule has 160 valence electrons. The molecule has 0 amide bonds. The molecule has 0 radical (unpaired) electrons. The molecule has 3 aromatic carbocycles. The number of ether oxygens (including phenoxy) is 3. The Balaban J connectivity index is 1.36. The largest absolute Gasteiger partial charge is 0.452 e. The molecular formula is C27H22O5. The van der Waals surface area contributed by atoms with Crippen LogP contribution in [0, 0.1) is 6.92 Å². The van der Waals surface area contributed by atoms with Gasteiger partial charge >= 0.3 is 5.97 Å². The Morgan fingerprint density at radius 1 is 1.03 bits per heavy atom. The predicted molar refractivity (Wildman–Crippen MR) is 121 cm³/mol. The maximum absolute atomic E-state index is 12.9. The molecule has 0 N–H and O–H groups in total. The number of fused-ring (bicyclic) bond motifs is 1. The molecule has 2 aliphatic rings. The first kappa shape index (κ1) is 20.2. The number of hydrogen-bond donors (Lipinski definition) is 0. The van der Waals surface area contributed by atoms with E-state index in [1.807, 2.05) is 42.5 Å². The van der Waals surface area contributed by atoms with Gasteiger partial charge in [-0.15, -0.1) is 0 Å². The van der Waals surface area contributed by atoms with E-state index in [-0.39, 0.29) is 11.5 Å². The molecule has 3 aromatic rings. The maximum atomic E-state index is 12.9. The monoisotopic (exact) mass is 426 g/mol. The number of carbonyl (C=O) groups excluding carboxylic acids is 2. The number of benzene rings is 3. The molecule has 5 nitrogen and oxygen atoms in total. The molecule has 32 heavy (non-hydrogen) atoms. The van der Waals surface area contributed by atoms with Gasteiger partial charge in [0.15, 0.2) is 11.9 Å². The van der Waals surface area contributed by atoms with Gasteiger partial charge in [0, 0.05) is 12.7 Å². The fraction of sp³-hybridized carbons (Fsp3) is 0.185. The van der Waals surface area contributed by atoms with Crippen molar-refractivity contribution >= 4 is 17.8 Å². The standard InChI is InChI=1S/C27H22O5/c1-17-14-21(31-27(29)22-8-5-13-30-22)16-23-25(17)26(28)24(32-23)15-18-9-11-20(12-10-18)19-6-3-2-4-7-19/h2-4,6-7,9-12,14-16,22H,5,8,13H2,1H3/b24-15-. The Labute approximate surface area is 186 Å². The fourth-order valence-electron chi connectivity index (χ4n) is 4.04. The molecule has 1 unspecified atom stereocenters. The summed E-state index contributed by atoms with van der Waals surface area (Å²) in [6.45, 7) is 2.38. The Morgan fingerprint density at radius 3 is 2.50 bits per heavy atom. The van der Waals surface area contributed by atoms with Crippen LogP contribution in [0.25, 0.3) is 17.2 Å². The smallest absolute Gasteiger partial charge is 0.340 e. The number of esters is 1. The first-order valence-corrected chi connectivity index (χ1v) is 10.7. The highest BCUT2D eigenvalue weighted by Crippen LogP contribution is 2.38. The number of Topliss-reactive ketones (excluding diaryl/α,β-unsaturated/α-hetero) is 1. The van der Waals surface area contributed by atoms with E-state index < -0.39 is 12.1 Å².